The van der Waals surface area contributed by atoms with Gasteiger partial charge in [0.2, 0.25) is 0 Å². The van der Waals surface area contributed by atoms with Gasteiger partial charge in [0.1, 0.15) is 0 Å². The van der Waals surface area contributed by atoms with Crippen molar-refractivity contribution in [3.05, 3.63) is 130 Å². The van der Waals surface area contributed by atoms with Crippen molar-refractivity contribution in [3.8, 4) is 11.5 Å². The van der Waals surface area contributed by atoms with Crippen molar-refractivity contribution in [2.24, 2.45) is 11.8 Å². The first kappa shape index (κ1) is 61.3. The van der Waals surface area contributed by atoms with E-state index in [9.17, 15) is 0 Å². The molecule has 0 radical (unpaired) electrons. The van der Waals surface area contributed by atoms with Crippen LogP contribution < -0.4 is 19.8 Å². The molecular formula is C64H95NO9Si2Sn. The largest absolute Gasteiger partial charge is 0.408 e. The molecule has 7 rings (SSSR count). The molecule has 3 saturated heterocycles. The minimum absolute atomic E-state index is 0.0159. The molecule has 0 bridgehead atoms. The van der Waals surface area contributed by atoms with E-state index in [0.29, 0.717) is 31.9 Å². The summed E-state index contributed by atoms with van der Waals surface area (Å²) in [5.74, 6) is 2.34. The molecule has 4 heterocycles. The summed E-state index contributed by atoms with van der Waals surface area (Å²) in [6.07, 6.45) is 13.1. The zero-order chi connectivity index (χ0) is 55.5. The number of unbranched alkanes of at least 4 members (excludes halogenated alkanes) is 1. The van der Waals surface area contributed by atoms with E-state index >= 15 is 0 Å². The quantitative estimate of drug-likeness (QED) is 0.0498. The van der Waals surface area contributed by atoms with Crippen LogP contribution in [0.2, 0.25) is 39.0 Å². The Morgan fingerprint density at radius 1 is 0.857 bits per heavy atom. The molecule has 1 aromatic heterocycles. The molecule has 3 fully saturated rings. The van der Waals surface area contributed by atoms with Crippen molar-refractivity contribution >= 4 is 51.5 Å². The molecule has 0 amide bonds. The normalized spacial score (nSPS) is 26.1. The van der Waals surface area contributed by atoms with Gasteiger partial charge in [-0.1, -0.05) is 113 Å². The number of rotatable bonds is 24. The Morgan fingerprint density at radius 2 is 1.55 bits per heavy atom. The average Bonchev–Trinajstić information content (AvgIpc) is 3.86. The third-order valence-electron chi connectivity index (χ3n) is 16.7. The monoisotopic (exact) mass is 1200 g/mol. The standard InChI is InChI=1S/C61H86NO9Si2.3CH3.Sn/c1-14-15-33-73(52-23-18-16-19-24-52,53-25-20-17-21-26-53)67-32-31-48-34-43(4)35-49(68-48)36-50-37-51(71-72(12,13)61(7,8)9)39-57(69-50)54-41-65-58(62-54)28-22-27-55-44(5)60(45(6)59(70-55)42(2)3)66-40-46-29-30-47(63-10)38-56(46)64-11;;;;/h2,16-26,28-30,38,41,44-45,48-51,55,57,59-60H,4,14-15,27,31-37,39-40H2,1,3,5-13H3;3*1H3;/b28-22+,42-2?;;;;/t44-,45-,48-,49+,50+,51+,55+,57+,59-,60-;;;;/m0..../s1. The van der Waals surface area contributed by atoms with Crippen LogP contribution in [0.4, 0.5) is 0 Å². The second kappa shape index (κ2) is 27.4. The second-order valence-corrected chi connectivity index (χ2v) is 47.7. The topological polar surface area (TPSA) is 99.9 Å². The minimum atomic E-state index is -2.50. The van der Waals surface area contributed by atoms with Crippen LogP contribution in [0.25, 0.3) is 6.08 Å². The Bertz CT molecular complexity index is 2500. The Kier molecular flexibility index (Phi) is 21.8. The number of benzene rings is 3. The molecule has 0 saturated carbocycles. The summed E-state index contributed by atoms with van der Waals surface area (Å²) in [7, 11) is -1.25. The SMILES string of the molecule is C=C1C[C@H](C[C@@H]2C[C@@H](O[Si](C)(C)C(C)(C)C)C[C@H](c3coc(/C=C/C[C@H]4O[C@@H](/C(C)=[CH]/[Sn]([CH3])([CH3])[CH3])[C@H](C)[C@@H](OCc5ccc(OC)cc5OC)[C@H]4C)n3)O2)O[C@@H](CCO[Si](CCCC)(c2ccccc2)c2ccccc2)C1. The van der Waals surface area contributed by atoms with Crippen molar-refractivity contribution in [1.82, 2.24) is 4.98 Å². The molecular weight excluding hydrogens is 1100 g/mol. The Hall–Kier alpha value is -3.32. The number of nitrogens with zero attached hydrogens (tertiary/aromatic N) is 1. The van der Waals surface area contributed by atoms with Crippen LogP contribution in [-0.4, -0.2) is 104 Å². The third-order valence-corrected chi connectivity index (χ3v) is 29.3. The molecule has 422 valence electrons. The third kappa shape index (κ3) is 16.4. The maximum atomic E-state index is 7.26. The van der Waals surface area contributed by atoms with Gasteiger partial charge in [-0.15, -0.1) is 0 Å². The number of ether oxygens (including phenoxy) is 6. The molecule has 77 heavy (non-hydrogen) atoms. The summed E-state index contributed by atoms with van der Waals surface area (Å²) in [5, 5.41) is 2.73. The van der Waals surface area contributed by atoms with E-state index < -0.39 is 35.0 Å². The van der Waals surface area contributed by atoms with Crippen LogP contribution >= 0.6 is 0 Å². The summed E-state index contributed by atoms with van der Waals surface area (Å²) in [6, 6.07) is 28.9. The molecule has 0 spiro atoms. The zero-order valence-corrected chi connectivity index (χ0v) is 54.3. The van der Waals surface area contributed by atoms with Gasteiger partial charge in [-0.25, -0.2) is 0 Å². The maximum Gasteiger partial charge on any atom is 0.255 e. The molecule has 13 heteroatoms. The van der Waals surface area contributed by atoms with Gasteiger partial charge in [0, 0.05) is 19.4 Å². The zero-order valence-electron chi connectivity index (χ0n) is 49.4. The first-order chi connectivity index (χ1) is 36.6. The number of hydrogen-bond acceptors (Lipinski definition) is 10. The first-order valence-corrected chi connectivity index (χ1v) is 44.0. The fraction of sp³-hybridized carbons (Fsp3) is 0.578. The van der Waals surface area contributed by atoms with Gasteiger partial charge in [0.25, 0.3) is 8.32 Å². The number of hydrogen-bond donors (Lipinski definition) is 0. The fourth-order valence-electron chi connectivity index (χ4n) is 11.7. The summed E-state index contributed by atoms with van der Waals surface area (Å²) >= 11 is -2.31. The minimum Gasteiger partial charge on any atom is -0.408 e. The first-order valence-electron chi connectivity index (χ1n) is 28.8. The van der Waals surface area contributed by atoms with Crippen molar-refractivity contribution in [3.63, 3.8) is 0 Å². The van der Waals surface area contributed by atoms with E-state index in [0.717, 1.165) is 73.7 Å². The summed E-state index contributed by atoms with van der Waals surface area (Å²) in [5.41, 5.74) is 4.33. The molecule has 0 N–H and O–H groups in total. The van der Waals surface area contributed by atoms with Gasteiger partial charge in [0.15, 0.2) is 8.32 Å². The molecule has 3 aliphatic heterocycles. The molecule has 10 nitrogen and oxygen atoms in total. The van der Waals surface area contributed by atoms with E-state index in [1.807, 2.05) is 24.3 Å². The van der Waals surface area contributed by atoms with Crippen molar-refractivity contribution < 1.29 is 41.7 Å². The van der Waals surface area contributed by atoms with Gasteiger partial charge < -0.3 is 18.3 Å². The van der Waals surface area contributed by atoms with E-state index in [2.05, 4.69) is 154 Å². The van der Waals surface area contributed by atoms with Gasteiger partial charge in [-0.05, 0) is 60.2 Å². The van der Waals surface area contributed by atoms with E-state index in [4.69, 9.17) is 46.7 Å². The number of aromatic nitrogens is 1. The predicted octanol–water partition coefficient (Wildman–Crippen LogP) is 14.6. The van der Waals surface area contributed by atoms with Gasteiger partial charge in [-0.3, -0.25) is 0 Å². The Balaban J connectivity index is 1.04. The van der Waals surface area contributed by atoms with Crippen molar-refractivity contribution in [2.75, 3.05) is 20.8 Å². The van der Waals surface area contributed by atoms with Crippen molar-refractivity contribution in [2.45, 2.75) is 201 Å². The number of methoxy groups -OCH3 is 2. The fourth-order valence-corrected chi connectivity index (χ4v) is 21.7. The average molecular weight is 1200 g/mol. The summed E-state index contributed by atoms with van der Waals surface area (Å²) in [4.78, 5) is 12.4. The van der Waals surface area contributed by atoms with E-state index in [1.54, 1.807) is 20.5 Å². The van der Waals surface area contributed by atoms with Gasteiger partial charge in [0.05, 0.1) is 31.5 Å². The van der Waals surface area contributed by atoms with Crippen LogP contribution in [-0.2, 0) is 34.4 Å². The smallest absolute Gasteiger partial charge is 0.255 e. The van der Waals surface area contributed by atoms with Gasteiger partial charge in [-0.2, -0.15) is 0 Å². The predicted molar refractivity (Wildman–Crippen MR) is 321 cm³/mol. The molecule has 3 aliphatic rings. The Morgan fingerprint density at radius 3 is 2.18 bits per heavy atom. The molecule has 10 atom stereocenters. The molecule has 0 aliphatic carbocycles. The van der Waals surface area contributed by atoms with Crippen molar-refractivity contribution in [1.29, 1.82) is 0 Å². The Labute approximate surface area is 470 Å². The molecule has 3 aromatic carbocycles. The molecule has 0 unspecified atom stereocenters. The summed E-state index contributed by atoms with van der Waals surface area (Å²) in [6.45, 7) is 26.3. The van der Waals surface area contributed by atoms with Gasteiger partial charge >= 0.3 is 214 Å². The number of oxazole rings is 1. The van der Waals surface area contributed by atoms with E-state index in [-0.39, 0.29) is 65.7 Å². The van der Waals surface area contributed by atoms with Crippen LogP contribution in [0.15, 0.2) is 117 Å². The molecule has 4 aromatic rings. The maximum absolute atomic E-state index is 7.26. The van der Waals surface area contributed by atoms with E-state index in [1.165, 1.54) is 21.5 Å². The van der Waals surface area contributed by atoms with Crippen LogP contribution in [0, 0.1) is 11.8 Å². The summed E-state index contributed by atoms with van der Waals surface area (Å²) < 4.78 is 62.4. The van der Waals surface area contributed by atoms with Crippen LogP contribution in [0.1, 0.15) is 130 Å². The second-order valence-electron chi connectivity index (χ2n) is 25.1. The van der Waals surface area contributed by atoms with Crippen LogP contribution in [0.5, 0.6) is 11.5 Å². The van der Waals surface area contributed by atoms with Crippen LogP contribution in [0.3, 0.4) is 0 Å².